The average molecular weight is 228 g/mol. The predicted octanol–water partition coefficient (Wildman–Crippen LogP) is 1.82. The number of rotatable bonds is 4. The summed E-state index contributed by atoms with van der Waals surface area (Å²) in [5.41, 5.74) is 0. The van der Waals surface area contributed by atoms with Crippen molar-refractivity contribution in [2.24, 2.45) is 0 Å². The van der Waals surface area contributed by atoms with E-state index in [0.717, 1.165) is 38.9 Å². The van der Waals surface area contributed by atoms with Gasteiger partial charge in [0.25, 0.3) is 0 Å². The van der Waals surface area contributed by atoms with E-state index < -0.39 is 0 Å². The lowest BCUT2D eigenvalue weighted by atomic mass is 9.94. The molecule has 0 N–H and O–H groups in total. The van der Waals surface area contributed by atoms with Crippen LogP contribution in [-0.2, 0) is 18.9 Å². The van der Waals surface area contributed by atoms with Crippen LogP contribution >= 0.6 is 0 Å². The van der Waals surface area contributed by atoms with Gasteiger partial charge in [-0.2, -0.15) is 0 Å². The third kappa shape index (κ3) is 2.56. The molecule has 0 spiro atoms. The Kier molecular flexibility index (Phi) is 2.51. The highest BCUT2D eigenvalue weighted by molar-refractivity contribution is 4.83. The van der Waals surface area contributed by atoms with Crippen LogP contribution in [-0.4, -0.2) is 37.0 Å². The molecule has 3 aliphatic rings. The van der Waals surface area contributed by atoms with Crippen molar-refractivity contribution < 1.29 is 18.9 Å². The first-order valence-corrected chi connectivity index (χ1v) is 6.21. The maximum absolute atomic E-state index is 5.87. The quantitative estimate of drug-likeness (QED) is 0.688. The standard InChI is InChI=1S/C12H20O4/c1-11(7-13-11)15-9-3-5-10(6-4-9)16-12(2)8-14-12/h9-10H,3-8H2,1-2H3. The van der Waals surface area contributed by atoms with Gasteiger partial charge < -0.3 is 18.9 Å². The largest absolute Gasteiger partial charge is 0.345 e. The van der Waals surface area contributed by atoms with E-state index in [1.54, 1.807) is 0 Å². The molecular formula is C12H20O4. The van der Waals surface area contributed by atoms with Gasteiger partial charge in [0.2, 0.25) is 0 Å². The Morgan fingerprint density at radius 2 is 1.12 bits per heavy atom. The molecule has 4 nitrogen and oxygen atoms in total. The minimum Gasteiger partial charge on any atom is -0.345 e. The molecule has 16 heavy (non-hydrogen) atoms. The Morgan fingerprint density at radius 3 is 1.38 bits per heavy atom. The van der Waals surface area contributed by atoms with Crippen molar-refractivity contribution in [1.29, 1.82) is 0 Å². The Balaban J connectivity index is 1.41. The van der Waals surface area contributed by atoms with E-state index in [1.807, 2.05) is 13.8 Å². The fourth-order valence-corrected chi connectivity index (χ4v) is 2.31. The first kappa shape index (κ1) is 11.0. The van der Waals surface area contributed by atoms with Crippen LogP contribution in [0.4, 0.5) is 0 Å². The first-order valence-electron chi connectivity index (χ1n) is 6.21. The van der Waals surface area contributed by atoms with Gasteiger partial charge in [-0.1, -0.05) is 0 Å². The Bertz CT molecular complexity index is 234. The van der Waals surface area contributed by atoms with Crippen LogP contribution in [0.2, 0.25) is 0 Å². The monoisotopic (exact) mass is 228 g/mol. The van der Waals surface area contributed by atoms with Crippen LogP contribution < -0.4 is 0 Å². The van der Waals surface area contributed by atoms with Crippen molar-refractivity contribution in [2.75, 3.05) is 13.2 Å². The molecule has 2 aliphatic heterocycles. The van der Waals surface area contributed by atoms with E-state index in [1.165, 1.54) is 0 Å². The lowest BCUT2D eigenvalue weighted by Gasteiger charge is -2.30. The van der Waals surface area contributed by atoms with Crippen molar-refractivity contribution in [2.45, 2.75) is 63.3 Å². The molecular weight excluding hydrogens is 208 g/mol. The maximum Gasteiger partial charge on any atom is 0.189 e. The number of hydrogen-bond donors (Lipinski definition) is 0. The zero-order valence-corrected chi connectivity index (χ0v) is 10.0. The molecule has 2 atom stereocenters. The molecule has 92 valence electrons. The summed E-state index contributed by atoms with van der Waals surface area (Å²) in [6.45, 7) is 5.51. The van der Waals surface area contributed by atoms with Gasteiger partial charge in [0.05, 0.1) is 12.2 Å². The fraction of sp³-hybridized carbons (Fsp3) is 1.00. The third-order valence-electron chi connectivity index (χ3n) is 3.55. The molecule has 0 amide bonds. The summed E-state index contributed by atoms with van der Waals surface area (Å²) in [4.78, 5) is 0. The molecule has 2 saturated heterocycles. The van der Waals surface area contributed by atoms with Crippen LogP contribution in [0.15, 0.2) is 0 Å². The van der Waals surface area contributed by atoms with Gasteiger partial charge in [-0.05, 0) is 39.5 Å². The van der Waals surface area contributed by atoms with E-state index in [-0.39, 0.29) is 11.6 Å². The van der Waals surface area contributed by atoms with Crippen molar-refractivity contribution in [3.05, 3.63) is 0 Å². The zero-order valence-electron chi connectivity index (χ0n) is 10.0. The lowest BCUT2D eigenvalue weighted by Crippen LogP contribution is -2.32. The summed E-state index contributed by atoms with van der Waals surface area (Å²) in [6, 6.07) is 0. The summed E-state index contributed by atoms with van der Waals surface area (Å²) in [6.07, 6.45) is 4.97. The summed E-state index contributed by atoms with van der Waals surface area (Å²) < 4.78 is 22.2. The predicted molar refractivity (Wildman–Crippen MR) is 56.9 cm³/mol. The maximum atomic E-state index is 5.87. The molecule has 2 heterocycles. The summed E-state index contributed by atoms with van der Waals surface area (Å²) >= 11 is 0. The molecule has 1 aliphatic carbocycles. The van der Waals surface area contributed by atoms with Gasteiger partial charge >= 0.3 is 0 Å². The highest BCUT2D eigenvalue weighted by atomic mass is 16.8. The fourth-order valence-electron chi connectivity index (χ4n) is 2.31. The normalized spacial score (nSPS) is 51.4. The van der Waals surface area contributed by atoms with E-state index in [4.69, 9.17) is 18.9 Å². The van der Waals surface area contributed by atoms with E-state index in [9.17, 15) is 0 Å². The topological polar surface area (TPSA) is 43.5 Å². The van der Waals surface area contributed by atoms with Gasteiger partial charge in [-0.15, -0.1) is 0 Å². The number of hydrogen-bond acceptors (Lipinski definition) is 4. The van der Waals surface area contributed by atoms with E-state index in [2.05, 4.69) is 0 Å². The minimum atomic E-state index is -0.274. The molecule has 3 rings (SSSR count). The van der Waals surface area contributed by atoms with Crippen molar-refractivity contribution in [1.82, 2.24) is 0 Å². The molecule has 0 aromatic rings. The highest BCUT2D eigenvalue weighted by Crippen LogP contribution is 2.36. The van der Waals surface area contributed by atoms with Crippen LogP contribution in [0.1, 0.15) is 39.5 Å². The SMILES string of the molecule is CC1(OC2CCC(OC3(C)CO3)CC2)CO1. The smallest absolute Gasteiger partial charge is 0.189 e. The Morgan fingerprint density at radius 1 is 0.812 bits per heavy atom. The van der Waals surface area contributed by atoms with Gasteiger partial charge in [0.1, 0.15) is 13.2 Å². The van der Waals surface area contributed by atoms with Crippen molar-refractivity contribution >= 4 is 0 Å². The summed E-state index contributed by atoms with van der Waals surface area (Å²) in [5, 5.41) is 0. The minimum absolute atomic E-state index is 0.274. The second kappa shape index (κ2) is 3.67. The summed E-state index contributed by atoms with van der Waals surface area (Å²) in [5.74, 6) is -0.548. The van der Waals surface area contributed by atoms with Gasteiger partial charge in [-0.3, -0.25) is 0 Å². The molecule has 0 bridgehead atoms. The van der Waals surface area contributed by atoms with Gasteiger partial charge in [0.15, 0.2) is 11.6 Å². The van der Waals surface area contributed by atoms with Gasteiger partial charge in [0, 0.05) is 0 Å². The van der Waals surface area contributed by atoms with E-state index >= 15 is 0 Å². The average Bonchev–Trinajstić information content (AvgIpc) is 3.13. The molecule has 3 fully saturated rings. The Hall–Kier alpha value is -0.160. The number of epoxide rings is 2. The first-order chi connectivity index (χ1) is 7.57. The second-order valence-electron chi connectivity index (χ2n) is 5.48. The summed E-state index contributed by atoms with van der Waals surface area (Å²) in [7, 11) is 0. The number of ether oxygens (including phenoxy) is 4. The van der Waals surface area contributed by atoms with E-state index in [0.29, 0.717) is 12.2 Å². The van der Waals surface area contributed by atoms with Crippen molar-refractivity contribution in [3.63, 3.8) is 0 Å². The molecule has 0 aromatic carbocycles. The molecule has 1 saturated carbocycles. The van der Waals surface area contributed by atoms with Gasteiger partial charge in [-0.25, -0.2) is 0 Å². The van der Waals surface area contributed by atoms with Crippen LogP contribution in [0.5, 0.6) is 0 Å². The molecule has 0 aromatic heterocycles. The van der Waals surface area contributed by atoms with Crippen LogP contribution in [0.3, 0.4) is 0 Å². The van der Waals surface area contributed by atoms with Crippen LogP contribution in [0.25, 0.3) is 0 Å². The molecule has 0 radical (unpaired) electrons. The molecule has 4 heteroatoms. The third-order valence-corrected chi connectivity index (χ3v) is 3.55. The highest BCUT2D eigenvalue weighted by Gasteiger charge is 2.45. The zero-order chi connectivity index (χ0) is 11.2. The molecule has 2 unspecified atom stereocenters. The van der Waals surface area contributed by atoms with Crippen LogP contribution in [0, 0.1) is 0 Å². The Labute approximate surface area is 96.2 Å². The lowest BCUT2D eigenvalue weighted by molar-refractivity contribution is -0.131. The van der Waals surface area contributed by atoms with Crippen molar-refractivity contribution in [3.8, 4) is 0 Å². The second-order valence-corrected chi connectivity index (χ2v) is 5.48.